The monoisotopic (exact) mass is 478 g/mol. The Bertz CT molecular complexity index is 1550. The van der Waals surface area contributed by atoms with Crippen LogP contribution in [0, 0.1) is 0 Å². The Labute approximate surface area is 210 Å². The van der Waals surface area contributed by atoms with Gasteiger partial charge in [-0.1, -0.05) is 37.3 Å². The normalized spacial score (nSPS) is 16.1. The van der Waals surface area contributed by atoms with Gasteiger partial charge in [0.25, 0.3) is 0 Å². The van der Waals surface area contributed by atoms with Crippen molar-refractivity contribution in [1.29, 1.82) is 0 Å². The van der Waals surface area contributed by atoms with Gasteiger partial charge >= 0.3 is 0 Å². The SMILES string of the molecule is CCN1CCn2cc(-c3ccc(-c4nc(Cc5ccc6[nH]ncc6c5C5CC5)n(C)n4)cc3)nc2C1. The molecule has 1 saturated carbocycles. The lowest BCUT2D eigenvalue weighted by Gasteiger charge is -2.25. The maximum atomic E-state index is 4.94. The second kappa shape index (κ2) is 8.41. The van der Waals surface area contributed by atoms with Gasteiger partial charge < -0.3 is 4.57 Å². The number of H-pyrrole nitrogens is 1. The number of nitrogens with one attached hydrogen (secondary N) is 1. The van der Waals surface area contributed by atoms with E-state index in [9.17, 15) is 0 Å². The van der Waals surface area contributed by atoms with Crippen LogP contribution in [-0.2, 0) is 26.6 Å². The summed E-state index contributed by atoms with van der Waals surface area (Å²) in [6.45, 7) is 6.29. The summed E-state index contributed by atoms with van der Waals surface area (Å²) in [6.07, 6.45) is 7.42. The molecule has 8 heteroatoms. The molecule has 5 aromatic rings. The first-order chi connectivity index (χ1) is 17.7. The molecule has 0 atom stereocenters. The lowest BCUT2D eigenvalue weighted by atomic mass is 9.97. The van der Waals surface area contributed by atoms with Gasteiger partial charge in [0.1, 0.15) is 11.6 Å². The highest BCUT2D eigenvalue weighted by Crippen LogP contribution is 2.45. The molecular weight excluding hydrogens is 448 g/mol. The molecule has 1 N–H and O–H groups in total. The molecular formula is C28H30N8. The Morgan fingerprint density at radius 3 is 2.64 bits per heavy atom. The highest BCUT2D eigenvalue weighted by Gasteiger charge is 2.29. The van der Waals surface area contributed by atoms with E-state index in [4.69, 9.17) is 15.1 Å². The maximum absolute atomic E-state index is 4.94. The molecule has 1 fully saturated rings. The zero-order valence-corrected chi connectivity index (χ0v) is 20.8. The zero-order valence-electron chi connectivity index (χ0n) is 20.8. The van der Waals surface area contributed by atoms with E-state index in [1.165, 1.54) is 29.4 Å². The Hall–Kier alpha value is -3.78. The number of likely N-dealkylation sites (N-methyl/N-ethyl adjacent to an activating group) is 1. The molecule has 4 heterocycles. The van der Waals surface area contributed by atoms with E-state index >= 15 is 0 Å². The first-order valence-corrected chi connectivity index (χ1v) is 12.9. The second-order valence-electron chi connectivity index (χ2n) is 10.1. The fourth-order valence-corrected chi connectivity index (χ4v) is 5.46. The predicted molar refractivity (Wildman–Crippen MR) is 139 cm³/mol. The quantitative estimate of drug-likeness (QED) is 0.388. The Kier molecular flexibility index (Phi) is 5.02. The molecule has 0 amide bonds. The van der Waals surface area contributed by atoms with Crippen LogP contribution in [-0.4, -0.2) is 52.5 Å². The summed E-state index contributed by atoms with van der Waals surface area (Å²) < 4.78 is 4.21. The summed E-state index contributed by atoms with van der Waals surface area (Å²) in [7, 11) is 1.99. The third-order valence-corrected chi connectivity index (χ3v) is 7.71. The van der Waals surface area contributed by atoms with E-state index in [2.05, 4.69) is 69.2 Å². The van der Waals surface area contributed by atoms with Gasteiger partial charge in [0, 0.05) is 49.3 Å². The molecule has 36 heavy (non-hydrogen) atoms. The Balaban J connectivity index is 1.14. The summed E-state index contributed by atoms with van der Waals surface area (Å²) in [5.74, 6) is 3.53. The molecule has 2 aliphatic rings. The number of rotatable bonds is 6. The summed E-state index contributed by atoms with van der Waals surface area (Å²) in [5, 5.41) is 13.4. The Morgan fingerprint density at radius 1 is 1.00 bits per heavy atom. The molecule has 182 valence electrons. The predicted octanol–water partition coefficient (Wildman–Crippen LogP) is 4.53. The van der Waals surface area contributed by atoms with Crippen molar-refractivity contribution in [3.8, 4) is 22.6 Å². The topological polar surface area (TPSA) is 80.5 Å². The molecule has 1 aliphatic carbocycles. The zero-order chi connectivity index (χ0) is 24.2. The molecule has 0 spiro atoms. The van der Waals surface area contributed by atoms with Crippen LogP contribution in [0.4, 0.5) is 0 Å². The van der Waals surface area contributed by atoms with E-state index in [0.29, 0.717) is 5.92 Å². The number of imidazole rings is 1. The van der Waals surface area contributed by atoms with Crippen molar-refractivity contribution in [2.24, 2.45) is 7.05 Å². The number of aryl methyl sites for hydroxylation is 1. The van der Waals surface area contributed by atoms with Gasteiger partial charge in [0.2, 0.25) is 0 Å². The molecule has 0 unspecified atom stereocenters. The van der Waals surface area contributed by atoms with Crippen molar-refractivity contribution >= 4 is 10.9 Å². The van der Waals surface area contributed by atoms with Gasteiger partial charge in [-0.05, 0) is 42.5 Å². The molecule has 0 saturated heterocycles. The Morgan fingerprint density at radius 2 is 1.83 bits per heavy atom. The highest BCUT2D eigenvalue weighted by molar-refractivity contribution is 5.84. The van der Waals surface area contributed by atoms with Crippen LogP contribution in [0.3, 0.4) is 0 Å². The smallest absolute Gasteiger partial charge is 0.181 e. The number of fused-ring (bicyclic) bond motifs is 2. The molecule has 7 rings (SSSR count). The number of nitrogens with zero attached hydrogens (tertiary/aromatic N) is 7. The first kappa shape index (κ1) is 21.5. The second-order valence-corrected chi connectivity index (χ2v) is 10.1. The number of aromatic amines is 1. The number of hydrogen-bond acceptors (Lipinski definition) is 5. The first-order valence-electron chi connectivity index (χ1n) is 12.9. The average Bonchev–Trinajstić information content (AvgIpc) is 3.30. The van der Waals surface area contributed by atoms with Gasteiger partial charge in [0.15, 0.2) is 5.82 Å². The number of aromatic nitrogens is 7. The van der Waals surface area contributed by atoms with Crippen molar-refractivity contribution in [3.63, 3.8) is 0 Å². The van der Waals surface area contributed by atoms with E-state index in [-0.39, 0.29) is 0 Å². The molecule has 2 aromatic carbocycles. The largest absolute Gasteiger partial charge is 0.332 e. The number of hydrogen-bond donors (Lipinski definition) is 1. The molecule has 0 radical (unpaired) electrons. The lowest BCUT2D eigenvalue weighted by Crippen LogP contribution is -2.33. The van der Waals surface area contributed by atoms with Crippen molar-refractivity contribution in [2.75, 3.05) is 13.1 Å². The third kappa shape index (κ3) is 3.73. The molecule has 1 aliphatic heterocycles. The summed E-state index contributed by atoms with van der Waals surface area (Å²) >= 11 is 0. The minimum Gasteiger partial charge on any atom is -0.332 e. The summed E-state index contributed by atoms with van der Waals surface area (Å²) in [4.78, 5) is 12.3. The van der Waals surface area contributed by atoms with Crippen LogP contribution >= 0.6 is 0 Å². The number of benzene rings is 2. The van der Waals surface area contributed by atoms with Crippen LogP contribution < -0.4 is 0 Å². The van der Waals surface area contributed by atoms with Crippen molar-refractivity contribution < 1.29 is 0 Å². The van der Waals surface area contributed by atoms with Crippen molar-refractivity contribution in [2.45, 2.75) is 45.2 Å². The summed E-state index contributed by atoms with van der Waals surface area (Å²) in [6, 6.07) is 12.8. The molecule has 0 bridgehead atoms. The average molecular weight is 479 g/mol. The van der Waals surface area contributed by atoms with E-state index in [0.717, 1.165) is 72.4 Å². The molecule has 8 nitrogen and oxygen atoms in total. The van der Waals surface area contributed by atoms with E-state index < -0.39 is 0 Å². The minimum atomic E-state index is 0.639. The fourth-order valence-electron chi connectivity index (χ4n) is 5.46. The van der Waals surface area contributed by atoms with E-state index in [1.807, 2.05) is 17.9 Å². The highest BCUT2D eigenvalue weighted by atomic mass is 15.3. The van der Waals surface area contributed by atoms with Crippen LogP contribution in [0.1, 0.15) is 48.5 Å². The van der Waals surface area contributed by atoms with Crippen LogP contribution in [0.2, 0.25) is 0 Å². The maximum Gasteiger partial charge on any atom is 0.181 e. The van der Waals surface area contributed by atoms with Gasteiger partial charge in [-0.25, -0.2) is 9.97 Å². The van der Waals surface area contributed by atoms with Gasteiger partial charge in [-0.3, -0.25) is 14.7 Å². The van der Waals surface area contributed by atoms with Crippen LogP contribution in [0.15, 0.2) is 48.8 Å². The van der Waals surface area contributed by atoms with E-state index in [1.54, 1.807) is 0 Å². The third-order valence-electron chi connectivity index (χ3n) is 7.71. The van der Waals surface area contributed by atoms with Crippen molar-refractivity contribution in [1.82, 2.24) is 39.4 Å². The summed E-state index contributed by atoms with van der Waals surface area (Å²) in [5.41, 5.74) is 7.05. The van der Waals surface area contributed by atoms with Crippen LogP contribution in [0.25, 0.3) is 33.5 Å². The minimum absolute atomic E-state index is 0.639. The standard InChI is InChI=1S/C28H30N8/c1-3-35-12-13-36-16-24(30-26(36)17-35)18-4-8-20(9-5-18)28-31-25(34(2)33-28)14-21-10-11-23-22(15-29-32-23)27(21)19-6-7-19/h4-5,8-11,15-16,19H,3,6-7,12-14,17H2,1-2H3,(H,29,32). The van der Waals surface area contributed by atoms with Crippen LogP contribution in [0.5, 0.6) is 0 Å². The van der Waals surface area contributed by atoms with Gasteiger partial charge in [0.05, 0.1) is 24.0 Å². The van der Waals surface area contributed by atoms with Gasteiger partial charge in [-0.2, -0.15) is 10.2 Å². The fraction of sp³-hybridized carbons (Fsp3) is 0.357. The van der Waals surface area contributed by atoms with Crippen molar-refractivity contribution in [3.05, 3.63) is 71.6 Å². The lowest BCUT2D eigenvalue weighted by molar-refractivity contribution is 0.228. The molecule has 3 aromatic heterocycles. The van der Waals surface area contributed by atoms with Gasteiger partial charge in [-0.15, -0.1) is 0 Å².